The number of halogens is 1. The lowest BCUT2D eigenvalue weighted by atomic mass is 10.1. The van der Waals surface area contributed by atoms with Crippen molar-refractivity contribution in [3.05, 3.63) is 36.4 Å². The molecule has 0 heterocycles. The second-order valence-corrected chi connectivity index (χ2v) is 6.44. The van der Waals surface area contributed by atoms with Crippen molar-refractivity contribution in [3.63, 3.8) is 0 Å². The number of methoxy groups -OCH3 is 1. The van der Waals surface area contributed by atoms with Crippen LogP contribution in [0.2, 0.25) is 0 Å². The molecule has 0 N–H and O–H groups in total. The minimum absolute atomic E-state index is 0.000171. The summed E-state index contributed by atoms with van der Waals surface area (Å²) in [6.45, 7) is -0.256. The first-order valence-corrected chi connectivity index (χ1v) is 7.90. The van der Waals surface area contributed by atoms with Gasteiger partial charge in [0.05, 0.1) is 12.0 Å². The second-order valence-electron chi connectivity index (χ2n) is 3.91. The zero-order chi connectivity index (χ0) is 14.8. The zero-order valence-corrected chi connectivity index (χ0v) is 12.1. The van der Waals surface area contributed by atoms with Crippen LogP contribution in [0.5, 0.6) is 5.75 Å². The Kier molecular flexibility index (Phi) is 4.15. The van der Waals surface area contributed by atoms with Gasteiger partial charge in [0.25, 0.3) is 9.05 Å². The van der Waals surface area contributed by atoms with E-state index in [9.17, 15) is 13.2 Å². The van der Waals surface area contributed by atoms with Gasteiger partial charge >= 0.3 is 5.97 Å². The predicted molar refractivity (Wildman–Crippen MR) is 74.5 cm³/mol. The van der Waals surface area contributed by atoms with Gasteiger partial charge in [-0.3, -0.25) is 0 Å². The quantitative estimate of drug-likeness (QED) is 0.640. The van der Waals surface area contributed by atoms with Gasteiger partial charge in [-0.15, -0.1) is 0 Å². The number of fused-ring (bicyclic) bond motifs is 1. The molecule has 0 amide bonds. The Hall–Kier alpha value is -1.79. The smallest absolute Gasteiger partial charge is 0.343 e. The van der Waals surface area contributed by atoms with E-state index in [0.29, 0.717) is 16.5 Å². The third kappa shape index (κ3) is 3.02. The average Bonchev–Trinajstić information content (AvgIpc) is 2.43. The molecule has 0 bridgehead atoms. The van der Waals surface area contributed by atoms with Crippen LogP contribution in [0.4, 0.5) is 0 Å². The summed E-state index contributed by atoms with van der Waals surface area (Å²) >= 11 is 0. The summed E-state index contributed by atoms with van der Waals surface area (Å²) in [5, 5.41) is 0.989. The molecule has 0 aliphatic rings. The van der Waals surface area contributed by atoms with Gasteiger partial charge in [-0.05, 0) is 12.1 Å². The average molecular weight is 315 g/mol. The first kappa shape index (κ1) is 14.6. The molecule has 5 nitrogen and oxygen atoms in total. The van der Waals surface area contributed by atoms with Crippen LogP contribution in [-0.2, 0) is 18.6 Å². The SMILES string of the molecule is COC(=O)COc1ccc(S(=O)(=O)Cl)c2ccccc12. The molecule has 0 radical (unpaired) electrons. The molecule has 0 aromatic heterocycles. The summed E-state index contributed by atoms with van der Waals surface area (Å²) in [4.78, 5) is 11.1. The van der Waals surface area contributed by atoms with E-state index in [0.717, 1.165) is 0 Å². The molecule has 7 heteroatoms. The van der Waals surface area contributed by atoms with Crippen LogP contribution in [-0.4, -0.2) is 28.1 Å². The Morgan fingerprint density at radius 1 is 1.15 bits per heavy atom. The molecule has 20 heavy (non-hydrogen) atoms. The van der Waals surface area contributed by atoms with Gasteiger partial charge in [0.15, 0.2) is 6.61 Å². The maximum absolute atomic E-state index is 11.5. The summed E-state index contributed by atoms with van der Waals surface area (Å²) < 4.78 is 32.9. The summed E-state index contributed by atoms with van der Waals surface area (Å²) in [6, 6.07) is 9.54. The lowest BCUT2D eigenvalue weighted by Crippen LogP contribution is -2.12. The van der Waals surface area contributed by atoms with Crippen LogP contribution < -0.4 is 4.74 Å². The fraction of sp³-hybridized carbons (Fsp3) is 0.154. The lowest BCUT2D eigenvalue weighted by molar-refractivity contribution is -0.142. The molecule has 2 aromatic rings. The van der Waals surface area contributed by atoms with Crippen LogP contribution in [0, 0.1) is 0 Å². The number of carbonyl (C=O) groups excluding carboxylic acids is 1. The van der Waals surface area contributed by atoms with Crippen molar-refractivity contribution < 1.29 is 22.7 Å². The van der Waals surface area contributed by atoms with Gasteiger partial charge in [0.2, 0.25) is 0 Å². The molecule has 106 valence electrons. The Labute approximate surface area is 120 Å². The van der Waals surface area contributed by atoms with Crippen LogP contribution >= 0.6 is 10.7 Å². The number of benzene rings is 2. The van der Waals surface area contributed by atoms with Gasteiger partial charge < -0.3 is 9.47 Å². The van der Waals surface area contributed by atoms with E-state index in [-0.39, 0.29) is 11.5 Å². The van der Waals surface area contributed by atoms with Crippen molar-refractivity contribution >= 4 is 36.5 Å². The Morgan fingerprint density at radius 2 is 1.80 bits per heavy atom. The fourth-order valence-electron chi connectivity index (χ4n) is 1.78. The van der Waals surface area contributed by atoms with E-state index in [1.165, 1.54) is 19.2 Å². The normalized spacial score (nSPS) is 11.3. The van der Waals surface area contributed by atoms with E-state index in [4.69, 9.17) is 15.4 Å². The molecule has 0 atom stereocenters. The fourth-order valence-corrected chi connectivity index (χ4v) is 2.85. The van der Waals surface area contributed by atoms with Crippen LogP contribution in [0.3, 0.4) is 0 Å². The predicted octanol–water partition coefficient (Wildman–Crippen LogP) is 2.32. The van der Waals surface area contributed by atoms with Crippen LogP contribution in [0.25, 0.3) is 10.8 Å². The van der Waals surface area contributed by atoms with Gasteiger partial charge in [0, 0.05) is 21.5 Å². The molecule has 0 unspecified atom stereocenters. The second kappa shape index (κ2) is 5.68. The van der Waals surface area contributed by atoms with Crippen molar-refractivity contribution in [3.8, 4) is 5.75 Å². The van der Waals surface area contributed by atoms with Gasteiger partial charge in [-0.1, -0.05) is 24.3 Å². The Balaban J connectivity index is 2.52. The highest BCUT2D eigenvalue weighted by Crippen LogP contribution is 2.32. The number of carbonyl (C=O) groups is 1. The number of esters is 1. The summed E-state index contributed by atoms with van der Waals surface area (Å²) in [7, 11) is 2.80. The monoisotopic (exact) mass is 314 g/mol. The molecule has 2 aromatic carbocycles. The highest BCUT2D eigenvalue weighted by atomic mass is 35.7. The molecule has 0 fully saturated rings. The topological polar surface area (TPSA) is 69.7 Å². The number of rotatable bonds is 4. The van der Waals surface area contributed by atoms with E-state index >= 15 is 0 Å². The van der Waals surface area contributed by atoms with E-state index in [1.807, 2.05) is 0 Å². The standard InChI is InChI=1S/C13H11ClO5S/c1-18-13(15)8-19-11-6-7-12(20(14,16)17)10-5-3-2-4-9(10)11/h2-7H,8H2,1H3. The molecule has 0 saturated carbocycles. The zero-order valence-electron chi connectivity index (χ0n) is 10.5. The molecule has 0 saturated heterocycles. The third-order valence-corrected chi connectivity index (χ3v) is 4.06. The van der Waals surface area contributed by atoms with Gasteiger partial charge in [-0.25, -0.2) is 13.2 Å². The van der Waals surface area contributed by atoms with Crippen molar-refractivity contribution in [2.24, 2.45) is 0 Å². The summed E-state index contributed by atoms with van der Waals surface area (Å²) in [5.74, 6) is -0.141. The number of hydrogen-bond acceptors (Lipinski definition) is 5. The van der Waals surface area contributed by atoms with Gasteiger partial charge in [-0.2, -0.15) is 0 Å². The molecular formula is C13H11ClO5S. The highest BCUT2D eigenvalue weighted by molar-refractivity contribution is 8.14. The molecule has 0 spiro atoms. The van der Waals surface area contributed by atoms with Crippen molar-refractivity contribution in [2.75, 3.05) is 13.7 Å². The first-order valence-electron chi connectivity index (χ1n) is 5.59. The first-order chi connectivity index (χ1) is 9.43. The largest absolute Gasteiger partial charge is 0.481 e. The van der Waals surface area contributed by atoms with E-state index in [2.05, 4.69) is 4.74 Å². The van der Waals surface area contributed by atoms with Crippen LogP contribution in [0.1, 0.15) is 0 Å². The summed E-state index contributed by atoms with van der Waals surface area (Å²) in [5.41, 5.74) is 0. The van der Waals surface area contributed by atoms with Crippen LogP contribution in [0.15, 0.2) is 41.3 Å². The number of ether oxygens (including phenoxy) is 2. The van der Waals surface area contributed by atoms with Crippen molar-refractivity contribution in [2.45, 2.75) is 4.90 Å². The lowest BCUT2D eigenvalue weighted by Gasteiger charge is -2.10. The minimum Gasteiger partial charge on any atom is -0.481 e. The maximum atomic E-state index is 11.5. The third-order valence-electron chi connectivity index (χ3n) is 2.68. The molecular weight excluding hydrogens is 304 g/mol. The minimum atomic E-state index is -3.86. The molecule has 0 aliphatic carbocycles. The molecule has 2 rings (SSSR count). The highest BCUT2D eigenvalue weighted by Gasteiger charge is 2.16. The van der Waals surface area contributed by atoms with Crippen molar-refractivity contribution in [1.82, 2.24) is 0 Å². The van der Waals surface area contributed by atoms with E-state index in [1.54, 1.807) is 24.3 Å². The molecule has 0 aliphatic heterocycles. The van der Waals surface area contributed by atoms with E-state index < -0.39 is 15.0 Å². The maximum Gasteiger partial charge on any atom is 0.343 e. The number of hydrogen-bond donors (Lipinski definition) is 0. The Morgan fingerprint density at radius 3 is 2.40 bits per heavy atom. The summed E-state index contributed by atoms with van der Waals surface area (Å²) in [6.07, 6.45) is 0. The Bertz CT molecular complexity index is 754. The van der Waals surface area contributed by atoms with Gasteiger partial charge in [0.1, 0.15) is 5.75 Å². The van der Waals surface area contributed by atoms with Crippen molar-refractivity contribution in [1.29, 1.82) is 0 Å².